The number of aliphatic hydroxyl groups is 1. The standard InChI is InChI=1S/C15H25FN2O/c1-10(2)14(19)15(4,5)9-18-11(3)13-7-6-12(16)8-17-13/h6-8,10-11,14,18-19H,9H2,1-5H3. The Morgan fingerprint density at radius 1 is 1.32 bits per heavy atom. The molecule has 0 radical (unpaired) electrons. The summed E-state index contributed by atoms with van der Waals surface area (Å²) in [5, 5.41) is 13.5. The van der Waals surface area contributed by atoms with E-state index in [0.717, 1.165) is 5.69 Å². The molecule has 19 heavy (non-hydrogen) atoms. The third kappa shape index (κ3) is 4.55. The van der Waals surface area contributed by atoms with Gasteiger partial charge in [0.25, 0.3) is 0 Å². The molecule has 2 atom stereocenters. The van der Waals surface area contributed by atoms with Gasteiger partial charge in [-0.1, -0.05) is 27.7 Å². The van der Waals surface area contributed by atoms with E-state index in [1.165, 1.54) is 12.3 Å². The predicted molar refractivity (Wildman–Crippen MR) is 75.2 cm³/mol. The number of pyridine rings is 1. The van der Waals surface area contributed by atoms with Crippen molar-refractivity contribution in [1.82, 2.24) is 10.3 Å². The molecule has 2 N–H and O–H groups in total. The molecule has 0 spiro atoms. The van der Waals surface area contributed by atoms with Gasteiger partial charge < -0.3 is 10.4 Å². The average molecular weight is 268 g/mol. The van der Waals surface area contributed by atoms with Crippen LogP contribution >= 0.6 is 0 Å². The minimum atomic E-state index is -0.367. The molecule has 0 aliphatic rings. The van der Waals surface area contributed by atoms with Crippen molar-refractivity contribution in [2.45, 2.75) is 46.8 Å². The topological polar surface area (TPSA) is 45.1 Å². The van der Waals surface area contributed by atoms with Crippen LogP contribution in [0, 0.1) is 17.2 Å². The van der Waals surface area contributed by atoms with Crippen molar-refractivity contribution in [2.75, 3.05) is 6.54 Å². The molecule has 0 fully saturated rings. The Morgan fingerprint density at radius 3 is 2.42 bits per heavy atom. The fourth-order valence-corrected chi connectivity index (χ4v) is 2.17. The van der Waals surface area contributed by atoms with Crippen LogP contribution in [0.1, 0.15) is 46.4 Å². The molecule has 1 aromatic heterocycles. The minimum absolute atomic E-state index is 0.0271. The summed E-state index contributed by atoms with van der Waals surface area (Å²) in [6.07, 6.45) is 0.857. The van der Waals surface area contributed by atoms with Gasteiger partial charge in [-0.2, -0.15) is 0 Å². The fourth-order valence-electron chi connectivity index (χ4n) is 2.17. The first-order valence-electron chi connectivity index (χ1n) is 6.77. The molecule has 2 unspecified atom stereocenters. The highest BCUT2D eigenvalue weighted by Crippen LogP contribution is 2.26. The average Bonchev–Trinajstić information content (AvgIpc) is 2.35. The number of hydrogen-bond acceptors (Lipinski definition) is 3. The highest BCUT2D eigenvalue weighted by atomic mass is 19.1. The second-order valence-corrected chi connectivity index (χ2v) is 6.18. The van der Waals surface area contributed by atoms with Crippen LogP contribution in [0.2, 0.25) is 0 Å². The van der Waals surface area contributed by atoms with Gasteiger partial charge >= 0.3 is 0 Å². The van der Waals surface area contributed by atoms with E-state index in [4.69, 9.17) is 0 Å². The highest BCUT2D eigenvalue weighted by Gasteiger charge is 2.30. The fraction of sp³-hybridized carbons (Fsp3) is 0.667. The molecule has 0 aliphatic carbocycles. The van der Waals surface area contributed by atoms with Gasteiger partial charge in [0.2, 0.25) is 0 Å². The number of hydrogen-bond donors (Lipinski definition) is 2. The molecule has 0 aromatic carbocycles. The molecule has 0 aliphatic heterocycles. The quantitative estimate of drug-likeness (QED) is 0.834. The molecule has 0 bridgehead atoms. The molecule has 1 aromatic rings. The lowest BCUT2D eigenvalue weighted by atomic mass is 9.80. The lowest BCUT2D eigenvalue weighted by Crippen LogP contribution is -2.42. The first-order valence-corrected chi connectivity index (χ1v) is 6.77. The summed E-state index contributed by atoms with van der Waals surface area (Å²) in [7, 11) is 0. The summed E-state index contributed by atoms with van der Waals surface area (Å²) < 4.78 is 12.8. The summed E-state index contributed by atoms with van der Waals surface area (Å²) >= 11 is 0. The van der Waals surface area contributed by atoms with Gasteiger partial charge in [-0.15, -0.1) is 0 Å². The second kappa shape index (κ2) is 6.44. The van der Waals surface area contributed by atoms with E-state index in [1.807, 2.05) is 34.6 Å². The van der Waals surface area contributed by atoms with Gasteiger partial charge in [0, 0.05) is 18.0 Å². The predicted octanol–water partition coefficient (Wildman–Crippen LogP) is 2.91. The maximum absolute atomic E-state index is 12.8. The summed E-state index contributed by atoms with van der Waals surface area (Å²) in [5.41, 5.74) is 0.582. The van der Waals surface area contributed by atoms with Crippen molar-refractivity contribution in [1.29, 1.82) is 0 Å². The molecule has 0 saturated carbocycles. The largest absolute Gasteiger partial charge is 0.392 e. The molecule has 1 heterocycles. The van der Waals surface area contributed by atoms with Gasteiger partial charge in [-0.05, 0) is 25.0 Å². The first kappa shape index (κ1) is 16.1. The maximum Gasteiger partial charge on any atom is 0.141 e. The molecule has 108 valence electrons. The van der Waals surface area contributed by atoms with Crippen LogP contribution in [0.25, 0.3) is 0 Å². The second-order valence-electron chi connectivity index (χ2n) is 6.18. The number of aliphatic hydroxyl groups excluding tert-OH is 1. The van der Waals surface area contributed by atoms with Crippen LogP contribution in [0.4, 0.5) is 4.39 Å². The Kier molecular flexibility index (Phi) is 5.44. The third-order valence-corrected chi connectivity index (χ3v) is 3.49. The third-order valence-electron chi connectivity index (χ3n) is 3.49. The maximum atomic E-state index is 12.8. The molecular weight excluding hydrogens is 243 g/mol. The van der Waals surface area contributed by atoms with Crippen LogP contribution in [-0.4, -0.2) is 22.7 Å². The van der Waals surface area contributed by atoms with Gasteiger partial charge in [-0.25, -0.2) is 4.39 Å². The first-order chi connectivity index (χ1) is 8.74. The smallest absolute Gasteiger partial charge is 0.141 e. The van der Waals surface area contributed by atoms with Gasteiger partial charge in [-0.3, -0.25) is 4.98 Å². The number of rotatable bonds is 6. The van der Waals surface area contributed by atoms with Crippen molar-refractivity contribution in [3.8, 4) is 0 Å². The molecule has 0 saturated heterocycles. The van der Waals surface area contributed by atoms with Crippen molar-refractivity contribution < 1.29 is 9.50 Å². The SMILES string of the molecule is CC(NCC(C)(C)C(O)C(C)C)c1ccc(F)cn1. The van der Waals surface area contributed by atoms with Crippen molar-refractivity contribution in [3.63, 3.8) is 0 Å². The lowest BCUT2D eigenvalue weighted by molar-refractivity contribution is 0.0123. The Labute approximate surface area is 115 Å². The van der Waals surface area contributed by atoms with E-state index in [1.54, 1.807) is 6.07 Å². The summed E-state index contributed by atoms with van der Waals surface area (Å²) in [6.45, 7) is 10.8. The highest BCUT2D eigenvalue weighted by molar-refractivity contribution is 5.09. The molecule has 0 amide bonds. The number of nitrogens with one attached hydrogen (secondary N) is 1. The van der Waals surface area contributed by atoms with Crippen LogP contribution in [0.15, 0.2) is 18.3 Å². The summed E-state index contributed by atoms with van der Waals surface area (Å²) in [5.74, 6) is -0.109. The summed E-state index contributed by atoms with van der Waals surface area (Å²) in [6, 6.07) is 3.12. The van der Waals surface area contributed by atoms with Crippen molar-refractivity contribution in [3.05, 3.63) is 29.8 Å². The van der Waals surface area contributed by atoms with E-state index in [2.05, 4.69) is 10.3 Å². The zero-order valence-electron chi connectivity index (χ0n) is 12.4. The Balaban J connectivity index is 2.58. The van der Waals surface area contributed by atoms with Crippen LogP contribution in [-0.2, 0) is 0 Å². The Hall–Kier alpha value is -1.00. The number of nitrogens with zero attached hydrogens (tertiary/aromatic N) is 1. The lowest BCUT2D eigenvalue weighted by Gasteiger charge is -2.34. The van der Waals surface area contributed by atoms with Crippen LogP contribution < -0.4 is 5.32 Å². The van der Waals surface area contributed by atoms with Crippen molar-refractivity contribution in [2.24, 2.45) is 11.3 Å². The van der Waals surface area contributed by atoms with Crippen LogP contribution in [0.5, 0.6) is 0 Å². The number of aromatic nitrogens is 1. The molecule has 1 rings (SSSR count). The zero-order valence-corrected chi connectivity index (χ0v) is 12.4. The number of halogens is 1. The molecular formula is C15H25FN2O. The van der Waals surface area contributed by atoms with E-state index >= 15 is 0 Å². The minimum Gasteiger partial charge on any atom is -0.392 e. The van der Waals surface area contributed by atoms with E-state index < -0.39 is 0 Å². The molecule has 4 heteroatoms. The zero-order chi connectivity index (χ0) is 14.6. The van der Waals surface area contributed by atoms with Gasteiger partial charge in [0.05, 0.1) is 18.0 Å². The Bertz CT molecular complexity index is 390. The van der Waals surface area contributed by atoms with E-state index in [9.17, 15) is 9.50 Å². The summed E-state index contributed by atoms with van der Waals surface area (Å²) in [4.78, 5) is 4.06. The Morgan fingerprint density at radius 2 is 1.95 bits per heavy atom. The van der Waals surface area contributed by atoms with E-state index in [0.29, 0.717) is 6.54 Å². The van der Waals surface area contributed by atoms with E-state index in [-0.39, 0.29) is 29.3 Å². The van der Waals surface area contributed by atoms with Crippen LogP contribution in [0.3, 0.4) is 0 Å². The van der Waals surface area contributed by atoms with Crippen molar-refractivity contribution >= 4 is 0 Å². The van der Waals surface area contributed by atoms with Gasteiger partial charge in [0.15, 0.2) is 0 Å². The monoisotopic (exact) mass is 268 g/mol. The van der Waals surface area contributed by atoms with Gasteiger partial charge in [0.1, 0.15) is 5.82 Å². The molecule has 3 nitrogen and oxygen atoms in total. The normalized spacial score (nSPS) is 15.6.